The molecule has 0 bridgehead atoms. The number of aryl methyl sites for hydroxylation is 1. The number of aromatic amines is 1. The lowest BCUT2D eigenvalue weighted by Gasteiger charge is -2.03. The largest absolute Gasteiger partial charge is 0.395 e. The van der Waals surface area contributed by atoms with Crippen molar-refractivity contribution in [2.24, 2.45) is 0 Å². The molecule has 2 rings (SSSR count). The van der Waals surface area contributed by atoms with Crippen LogP contribution in [0.1, 0.15) is 29.5 Å². The van der Waals surface area contributed by atoms with Crippen molar-refractivity contribution in [1.82, 2.24) is 20.2 Å². The summed E-state index contributed by atoms with van der Waals surface area (Å²) >= 11 is 11.4. The van der Waals surface area contributed by atoms with Gasteiger partial charge in [0.2, 0.25) is 5.28 Å². The van der Waals surface area contributed by atoms with Gasteiger partial charge in [0, 0.05) is 6.07 Å². The first-order chi connectivity index (χ1) is 9.51. The van der Waals surface area contributed by atoms with Crippen molar-refractivity contribution < 1.29 is 4.79 Å². The van der Waals surface area contributed by atoms with E-state index in [1.165, 1.54) is 6.07 Å². The fourth-order valence-corrected chi connectivity index (χ4v) is 2.04. The molecule has 0 aromatic carbocycles. The summed E-state index contributed by atoms with van der Waals surface area (Å²) in [5, 5.41) is 9.23. The van der Waals surface area contributed by atoms with E-state index in [-0.39, 0.29) is 21.9 Å². The molecule has 2 aromatic rings. The van der Waals surface area contributed by atoms with Gasteiger partial charge in [-0.05, 0) is 18.0 Å². The monoisotopic (exact) mass is 314 g/mol. The SMILES string of the molecule is CCCc1[nH]nc(C(=O)Nc2cc(Cl)nc(Cl)n2)c1N. The maximum Gasteiger partial charge on any atom is 0.279 e. The molecular formula is C11H12Cl2N6O. The maximum atomic E-state index is 12.1. The molecule has 1 amide bonds. The van der Waals surface area contributed by atoms with Crippen LogP contribution in [-0.4, -0.2) is 26.1 Å². The Kier molecular flexibility index (Phi) is 4.41. The summed E-state index contributed by atoms with van der Waals surface area (Å²) in [6.07, 6.45) is 1.61. The van der Waals surface area contributed by atoms with Gasteiger partial charge in [-0.25, -0.2) is 9.97 Å². The van der Waals surface area contributed by atoms with Crippen LogP contribution in [0.3, 0.4) is 0 Å². The van der Waals surface area contributed by atoms with E-state index in [9.17, 15) is 4.79 Å². The molecule has 106 valence electrons. The third kappa shape index (κ3) is 3.17. The molecule has 0 unspecified atom stereocenters. The number of nitrogens with one attached hydrogen (secondary N) is 2. The summed E-state index contributed by atoms with van der Waals surface area (Å²) in [4.78, 5) is 19.6. The molecule has 7 nitrogen and oxygen atoms in total. The number of carbonyl (C=O) groups is 1. The average molecular weight is 315 g/mol. The molecule has 4 N–H and O–H groups in total. The van der Waals surface area contributed by atoms with Gasteiger partial charge in [-0.15, -0.1) is 0 Å². The normalized spacial score (nSPS) is 10.6. The molecule has 0 aliphatic rings. The standard InChI is InChI=1S/C11H12Cl2N6O/c1-2-3-5-8(14)9(19-18-5)10(20)16-7-4-6(12)15-11(13)17-7/h4H,2-3,14H2,1H3,(H,18,19)(H,15,16,17,20). The summed E-state index contributed by atoms with van der Waals surface area (Å²) in [7, 11) is 0. The number of nitrogens with zero attached hydrogens (tertiary/aromatic N) is 3. The van der Waals surface area contributed by atoms with Gasteiger partial charge in [0.05, 0.1) is 11.4 Å². The zero-order chi connectivity index (χ0) is 14.7. The molecule has 9 heteroatoms. The van der Waals surface area contributed by atoms with Gasteiger partial charge in [0.15, 0.2) is 5.69 Å². The number of H-pyrrole nitrogens is 1. The van der Waals surface area contributed by atoms with Gasteiger partial charge in [-0.3, -0.25) is 9.89 Å². The number of amides is 1. The molecule has 0 aliphatic carbocycles. The lowest BCUT2D eigenvalue weighted by Crippen LogP contribution is -2.15. The van der Waals surface area contributed by atoms with Crippen LogP contribution in [0.2, 0.25) is 10.4 Å². The molecule has 0 saturated heterocycles. The summed E-state index contributed by atoms with van der Waals surface area (Å²) in [5.41, 5.74) is 7.04. The van der Waals surface area contributed by atoms with Gasteiger partial charge in [-0.1, -0.05) is 24.9 Å². The molecule has 0 aliphatic heterocycles. The number of halogens is 2. The Morgan fingerprint density at radius 1 is 1.45 bits per heavy atom. The predicted molar refractivity (Wildman–Crippen MR) is 77.0 cm³/mol. The first-order valence-electron chi connectivity index (χ1n) is 5.85. The highest BCUT2D eigenvalue weighted by atomic mass is 35.5. The van der Waals surface area contributed by atoms with Crippen LogP contribution < -0.4 is 11.1 Å². The summed E-state index contributed by atoms with van der Waals surface area (Å²) in [6, 6.07) is 1.38. The van der Waals surface area contributed by atoms with Crippen molar-refractivity contribution in [1.29, 1.82) is 0 Å². The van der Waals surface area contributed by atoms with Crippen LogP contribution in [0, 0.1) is 0 Å². The number of anilines is 2. The lowest BCUT2D eigenvalue weighted by atomic mass is 10.2. The molecule has 0 fully saturated rings. The zero-order valence-corrected chi connectivity index (χ0v) is 12.1. The van der Waals surface area contributed by atoms with Crippen LogP contribution >= 0.6 is 23.2 Å². The van der Waals surface area contributed by atoms with Crippen molar-refractivity contribution in [3.05, 3.63) is 27.9 Å². The van der Waals surface area contributed by atoms with E-state index in [0.717, 1.165) is 18.5 Å². The minimum atomic E-state index is -0.494. The molecule has 20 heavy (non-hydrogen) atoms. The number of hydrogen-bond donors (Lipinski definition) is 3. The molecule has 2 heterocycles. The Labute approximate surface area is 124 Å². The van der Waals surface area contributed by atoms with Gasteiger partial charge in [-0.2, -0.15) is 5.10 Å². The van der Waals surface area contributed by atoms with Crippen LogP contribution in [0.4, 0.5) is 11.5 Å². The number of nitrogen functional groups attached to an aromatic ring is 1. The second kappa shape index (κ2) is 6.06. The predicted octanol–water partition coefficient (Wildman–Crippen LogP) is 2.29. The quantitative estimate of drug-likeness (QED) is 0.592. The molecule has 0 radical (unpaired) electrons. The van der Waals surface area contributed by atoms with Gasteiger partial charge >= 0.3 is 0 Å². The van der Waals surface area contributed by atoms with E-state index in [4.69, 9.17) is 28.9 Å². The lowest BCUT2D eigenvalue weighted by molar-refractivity contribution is 0.102. The first-order valence-corrected chi connectivity index (χ1v) is 6.61. The van der Waals surface area contributed by atoms with Crippen molar-refractivity contribution >= 4 is 40.6 Å². The van der Waals surface area contributed by atoms with Crippen LogP contribution in [0.15, 0.2) is 6.07 Å². The molecule has 0 saturated carbocycles. The highest BCUT2D eigenvalue weighted by molar-refractivity contribution is 6.32. The van der Waals surface area contributed by atoms with Gasteiger partial charge in [0.1, 0.15) is 11.0 Å². The van der Waals surface area contributed by atoms with Crippen LogP contribution in [-0.2, 0) is 6.42 Å². The van der Waals surface area contributed by atoms with Crippen molar-refractivity contribution in [3.8, 4) is 0 Å². The third-order valence-electron chi connectivity index (χ3n) is 2.51. The maximum absolute atomic E-state index is 12.1. The van der Waals surface area contributed by atoms with Gasteiger partial charge in [0.25, 0.3) is 5.91 Å². The Morgan fingerprint density at radius 3 is 2.85 bits per heavy atom. The van der Waals surface area contributed by atoms with Crippen LogP contribution in [0.25, 0.3) is 0 Å². The Bertz CT molecular complexity index is 622. The molecule has 2 aromatic heterocycles. The van der Waals surface area contributed by atoms with Crippen LogP contribution in [0.5, 0.6) is 0 Å². The van der Waals surface area contributed by atoms with E-state index in [0.29, 0.717) is 5.69 Å². The number of hydrogen-bond acceptors (Lipinski definition) is 5. The van der Waals surface area contributed by atoms with Crippen molar-refractivity contribution in [3.63, 3.8) is 0 Å². The first kappa shape index (κ1) is 14.5. The highest BCUT2D eigenvalue weighted by Gasteiger charge is 2.17. The minimum Gasteiger partial charge on any atom is -0.395 e. The molecule has 0 spiro atoms. The molecular weight excluding hydrogens is 303 g/mol. The highest BCUT2D eigenvalue weighted by Crippen LogP contribution is 2.18. The zero-order valence-electron chi connectivity index (χ0n) is 10.6. The Balaban J connectivity index is 2.19. The fraction of sp³-hybridized carbons (Fsp3) is 0.273. The second-order valence-corrected chi connectivity index (χ2v) is 4.74. The Morgan fingerprint density at radius 2 is 2.20 bits per heavy atom. The summed E-state index contributed by atoms with van der Waals surface area (Å²) in [6.45, 7) is 2.00. The second-order valence-electron chi connectivity index (χ2n) is 4.01. The van der Waals surface area contributed by atoms with Gasteiger partial charge < -0.3 is 11.1 Å². The van der Waals surface area contributed by atoms with E-state index >= 15 is 0 Å². The summed E-state index contributed by atoms with van der Waals surface area (Å²) < 4.78 is 0. The van der Waals surface area contributed by atoms with E-state index in [1.54, 1.807) is 0 Å². The number of nitrogens with two attached hydrogens (primary N) is 1. The smallest absolute Gasteiger partial charge is 0.279 e. The van der Waals surface area contributed by atoms with Crippen molar-refractivity contribution in [2.75, 3.05) is 11.1 Å². The third-order valence-corrected chi connectivity index (χ3v) is 2.87. The number of aromatic nitrogens is 4. The topological polar surface area (TPSA) is 110 Å². The fourth-order valence-electron chi connectivity index (χ4n) is 1.63. The van der Waals surface area contributed by atoms with E-state index in [2.05, 4.69) is 25.5 Å². The van der Waals surface area contributed by atoms with E-state index < -0.39 is 5.91 Å². The number of rotatable bonds is 4. The minimum absolute atomic E-state index is 0.0607. The van der Waals surface area contributed by atoms with Crippen molar-refractivity contribution in [2.45, 2.75) is 19.8 Å². The van der Waals surface area contributed by atoms with E-state index in [1.807, 2.05) is 6.92 Å². The molecule has 0 atom stereocenters. The average Bonchev–Trinajstić information content (AvgIpc) is 2.70. The summed E-state index contributed by atoms with van der Waals surface area (Å²) in [5.74, 6) is -0.314. The number of carbonyl (C=O) groups excluding carboxylic acids is 1. The Hall–Kier alpha value is -1.86.